The van der Waals surface area contributed by atoms with E-state index in [4.69, 9.17) is 0 Å². The monoisotopic (exact) mass is 255 g/mol. The fourth-order valence-corrected chi connectivity index (χ4v) is 3.52. The van der Waals surface area contributed by atoms with E-state index < -0.39 is 6.10 Å². The molecule has 1 aliphatic carbocycles. The Hall–Kier alpha value is -1.41. The number of aliphatic hydroxyl groups is 1. The van der Waals surface area contributed by atoms with Crippen LogP contribution in [0.4, 0.5) is 0 Å². The molecule has 1 N–H and O–H groups in total. The Morgan fingerprint density at radius 3 is 2.79 bits per heavy atom. The van der Waals surface area contributed by atoms with Gasteiger partial charge in [-0.15, -0.1) is 0 Å². The minimum atomic E-state index is -0.406. The number of hydrogen-bond donors (Lipinski definition) is 1. The molecule has 19 heavy (non-hydrogen) atoms. The Bertz CT molecular complexity index is 585. The normalized spacial score (nSPS) is 23.6. The first-order chi connectivity index (χ1) is 9.09. The fraction of sp³-hybridized carbons (Fsp3) is 0.471. The van der Waals surface area contributed by atoms with E-state index in [9.17, 15) is 5.11 Å². The van der Waals surface area contributed by atoms with Gasteiger partial charge in [0, 0.05) is 17.1 Å². The van der Waals surface area contributed by atoms with Crippen LogP contribution in [0.3, 0.4) is 0 Å². The second-order valence-corrected chi connectivity index (χ2v) is 6.35. The highest BCUT2D eigenvalue weighted by atomic mass is 16.3. The molecule has 0 aliphatic heterocycles. The smallest absolute Gasteiger partial charge is 0.0844 e. The summed E-state index contributed by atoms with van der Waals surface area (Å²) in [7, 11) is 0. The molecule has 0 radical (unpaired) electrons. The lowest BCUT2D eigenvalue weighted by atomic mass is 9.76. The summed E-state index contributed by atoms with van der Waals surface area (Å²) >= 11 is 0. The van der Waals surface area contributed by atoms with Crippen LogP contribution in [0.15, 0.2) is 36.5 Å². The van der Waals surface area contributed by atoms with Gasteiger partial charge < -0.3 is 5.11 Å². The molecule has 3 rings (SSSR count). The minimum absolute atomic E-state index is 0.219. The number of fused-ring (bicyclic) bond motifs is 1. The van der Waals surface area contributed by atoms with Gasteiger partial charge in [-0.05, 0) is 30.2 Å². The number of nitrogens with zero attached hydrogens (tertiary/aromatic N) is 1. The van der Waals surface area contributed by atoms with E-state index in [2.05, 4.69) is 31.0 Å². The van der Waals surface area contributed by atoms with Crippen molar-refractivity contribution in [1.29, 1.82) is 0 Å². The van der Waals surface area contributed by atoms with E-state index in [1.54, 1.807) is 6.20 Å². The third-order valence-corrected chi connectivity index (χ3v) is 4.70. The number of benzene rings is 1. The Kier molecular flexibility index (Phi) is 3.06. The van der Waals surface area contributed by atoms with Gasteiger partial charge in [-0.2, -0.15) is 0 Å². The van der Waals surface area contributed by atoms with Crippen LogP contribution < -0.4 is 0 Å². The molecule has 1 aliphatic rings. The highest BCUT2D eigenvalue weighted by Gasteiger charge is 2.39. The standard InChI is InChI=1S/C17H21NO/c1-17(2)10-4-9-14(17)16(19)13-8-3-6-12-7-5-11-18-15(12)13/h3,5-8,11,14,16,19H,4,9-10H2,1-2H3. The molecule has 0 saturated heterocycles. The molecular weight excluding hydrogens is 234 g/mol. The van der Waals surface area contributed by atoms with Crippen LogP contribution in [-0.2, 0) is 0 Å². The molecular formula is C17H21NO. The van der Waals surface area contributed by atoms with Crippen LogP contribution >= 0.6 is 0 Å². The van der Waals surface area contributed by atoms with Crippen molar-refractivity contribution < 1.29 is 5.11 Å². The Morgan fingerprint density at radius 1 is 1.26 bits per heavy atom. The summed E-state index contributed by atoms with van der Waals surface area (Å²) in [5.41, 5.74) is 2.15. The molecule has 100 valence electrons. The highest BCUT2D eigenvalue weighted by molar-refractivity contribution is 5.81. The lowest BCUT2D eigenvalue weighted by Gasteiger charge is -2.31. The maximum absolute atomic E-state index is 10.8. The van der Waals surface area contributed by atoms with Crippen molar-refractivity contribution in [2.75, 3.05) is 0 Å². The summed E-state index contributed by atoms with van der Waals surface area (Å²) in [5.74, 6) is 0.333. The molecule has 0 bridgehead atoms. The Labute approximate surface area is 114 Å². The van der Waals surface area contributed by atoms with Crippen LogP contribution in [0.5, 0.6) is 0 Å². The number of aromatic nitrogens is 1. The SMILES string of the molecule is CC1(C)CCCC1C(O)c1cccc2cccnc12. The molecule has 1 aromatic carbocycles. The first-order valence-corrected chi connectivity index (χ1v) is 7.11. The first-order valence-electron chi connectivity index (χ1n) is 7.11. The number of aliphatic hydroxyl groups excluding tert-OH is 1. The fourth-order valence-electron chi connectivity index (χ4n) is 3.52. The number of pyridine rings is 1. The summed E-state index contributed by atoms with van der Waals surface area (Å²) < 4.78 is 0. The summed E-state index contributed by atoms with van der Waals surface area (Å²) in [6.45, 7) is 4.54. The molecule has 1 saturated carbocycles. The third-order valence-electron chi connectivity index (χ3n) is 4.70. The van der Waals surface area contributed by atoms with Crippen molar-refractivity contribution >= 4 is 10.9 Å². The van der Waals surface area contributed by atoms with E-state index in [0.717, 1.165) is 22.9 Å². The molecule has 2 aromatic rings. The van der Waals surface area contributed by atoms with E-state index in [0.29, 0.717) is 5.92 Å². The molecule has 2 nitrogen and oxygen atoms in total. The van der Waals surface area contributed by atoms with Gasteiger partial charge in [0.25, 0.3) is 0 Å². The van der Waals surface area contributed by atoms with Crippen molar-refractivity contribution in [1.82, 2.24) is 4.98 Å². The predicted octanol–water partition coefficient (Wildman–Crippen LogP) is 4.09. The average Bonchev–Trinajstić information content (AvgIpc) is 2.77. The lowest BCUT2D eigenvalue weighted by molar-refractivity contribution is 0.0541. The third kappa shape index (κ3) is 2.14. The van der Waals surface area contributed by atoms with Gasteiger partial charge in [0.05, 0.1) is 11.6 Å². The first kappa shape index (κ1) is 12.6. The van der Waals surface area contributed by atoms with Gasteiger partial charge >= 0.3 is 0 Å². The molecule has 2 atom stereocenters. The lowest BCUT2D eigenvalue weighted by Crippen LogP contribution is -2.24. The van der Waals surface area contributed by atoms with Crippen molar-refractivity contribution in [3.05, 3.63) is 42.1 Å². The average molecular weight is 255 g/mol. The second-order valence-electron chi connectivity index (χ2n) is 6.35. The van der Waals surface area contributed by atoms with Crippen LogP contribution in [0.1, 0.15) is 44.8 Å². The highest BCUT2D eigenvalue weighted by Crippen LogP contribution is 2.49. The number of hydrogen-bond acceptors (Lipinski definition) is 2. The van der Waals surface area contributed by atoms with Gasteiger partial charge in [-0.25, -0.2) is 0 Å². The van der Waals surface area contributed by atoms with Crippen molar-refractivity contribution in [3.8, 4) is 0 Å². The van der Waals surface area contributed by atoms with Crippen molar-refractivity contribution in [2.24, 2.45) is 11.3 Å². The number of para-hydroxylation sites is 1. The van der Waals surface area contributed by atoms with Gasteiger partial charge in [0.2, 0.25) is 0 Å². The van der Waals surface area contributed by atoms with E-state index in [1.165, 1.54) is 12.8 Å². The van der Waals surface area contributed by atoms with Crippen LogP contribution in [0.25, 0.3) is 10.9 Å². The van der Waals surface area contributed by atoms with Gasteiger partial charge in [0.15, 0.2) is 0 Å². The molecule has 1 fully saturated rings. The van der Waals surface area contributed by atoms with E-state index >= 15 is 0 Å². The van der Waals surface area contributed by atoms with Crippen LogP contribution in [0, 0.1) is 11.3 Å². The molecule has 1 heterocycles. The van der Waals surface area contributed by atoms with Gasteiger partial charge in [-0.3, -0.25) is 4.98 Å². The quantitative estimate of drug-likeness (QED) is 0.876. The summed E-state index contributed by atoms with van der Waals surface area (Å²) in [4.78, 5) is 4.46. The molecule has 2 unspecified atom stereocenters. The van der Waals surface area contributed by atoms with Crippen LogP contribution in [-0.4, -0.2) is 10.1 Å². The molecule has 0 amide bonds. The Balaban J connectivity index is 2.04. The van der Waals surface area contributed by atoms with E-state index in [-0.39, 0.29) is 5.41 Å². The zero-order valence-electron chi connectivity index (χ0n) is 11.6. The van der Waals surface area contributed by atoms with Crippen molar-refractivity contribution in [3.63, 3.8) is 0 Å². The summed E-state index contributed by atoms with van der Waals surface area (Å²) in [6.07, 6.45) is 4.92. The maximum Gasteiger partial charge on any atom is 0.0844 e. The van der Waals surface area contributed by atoms with Gasteiger partial charge in [0.1, 0.15) is 0 Å². The van der Waals surface area contributed by atoms with E-state index in [1.807, 2.05) is 18.2 Å². The predicted molar refractivity (Wildman–Crippen MR) is 77.8 cm³/mol. The van der Waals surface area contributed by atoms with Crippen molar-refractivity contribution in [2.45, 2.75) is 39.2 Å². The maximum atomic E-state index is 10.8. The topological polar surface area (TPSA) is 33.1 Å². The largest absolute Gasteiger partial charge is 0.388 e. The summed E-state index contributed by atoms with van der Waals surface area (Å²) in [6, 6.07) is 10.1. The molecule has 1 aromatic heterocycles. The number of rotatable bonds is 2. The minimum Gasteiger partial charge on any atom is -0.388 e. The zero-order valence-corrected chi connectivity index (χ0v) is 11.6. The Morgan fingerprint density at radius 2 is 2.05 bits per heavy atom. The second kappa shape index (κ2) is 4.61. The zero-order chi connectivity index (χ0) is 13.5. The van der Waals surface area contributed by atoms with Gasteiger partial charge in [-0.1, -0.05) is 44.5 Å². The molecule has 0 spiro atoms. The van der Waals surface area contributed by atoms with Crippen LogP contribution in [0.2, 0.25) is 0 Å². The summed E-state index contributed by atoms with van der Waals surface area (Å²) in [5, 5.41) is 11.9. The molecule has 2 heteroatoms.